The van der Waals surface area contributed by atoms with Crippen molar-refractivity contribution in [1.82, 2.24) is 0 Å². The number of fused-ring (bicyclic) bond motifs is 8. The van der Waals surface area contributed by atoms with E-state index < -0.39 is 0 Å². The lowest BCUT2D eigenvalue weighted by Gasteiger charge is -2.57. The van der Waals surface area contributed by atoms with E-state index in [1.54, 1.807) is 5.56 Å². The highest BCUT2D eigenvalue weighted by Gasteiger charge is 2.54. The second-order valence-electron chi connectivity index (χ2n) is 20.4. The zero-order valence-electron chi connectivity index (χ0n) is 34.2. The quantitative estimate of drug-likeness (QED) is 0.165. The third-order valence-corrected chi connectivity index (χ3v) is 17.2. The molecule has 0 saturated heterocycles. The minimum Gasteiger partial charge on any atom is -0.310 e. The van der Waals surface area contributed by atoms with Crippen LogP contribution in [-0.4, -0.2) is 6.71 Å². The molecular formula is C52H51BN2S2. The fraction of sp³-hybridized carbons (Fsp3) is 0.346. The maximum Gasteiger partial charge on any atom is 0.277 e. The van der Waals surface area contributed by atoms with Crippen molar-refractivity contribution < 1.29 is 0 Å². The van der Waals surface area contributed by atoms with Crippen LogP contribution in [0.4, 0.5) is 34.1 Å². The molecule has 0 atom stereocenters. The Bertz CT molecular complexity index is 2560. The van der Waals surface area contributed by atoms with Gasteiger partial charge in [0.15, 0.2) is 0 Å². The molecule has 6 aliphatic rings. The van der Waals surface area contributed by atoms with E-state index in [-0.39, 0.29) is 23.0 Å². The summed E-state index contributed by atoms with van der Waals surface area (Å²) in [4.78, 5) is 5.41. The molecule has 5 aromatic carbocycles. The Morgan fingerprint density at radius 1 is 0.544 bits per heavy atom. The number of benzene rings is 5. The predicted octanol–water partition coefficient (Wildman–Crippen LogP) is 13.3. The summed E-state index contributed by atoms with van der Waals surface area (Å²) in [5.41, 5.74) is 14.3. The van der Waals surface area contributed by atoms with Gasteiger partial charge in [-0.25, -0.2) is 0 Å². The molecule has 13 rings (SSSR count). The minimum absolute atomic E-state index is 0.0873. The van der Waals surface area contributed by atoms with E-state index in [1.165, 1.54) is 119 Å². The highest BCUT2D eigenvalue weighted by Crippen LogP contribution is 2.62. The molecule has 4 heterocycles. The van der Waals surface area contributed by atoms with Crippen LogP contribution < -0.4 is 24.8 Å². The zero-order valence-corrected chi connectivity index (χ0v) is 35.8. The van der Waals surface area contributed by atoms with Gasteiger partial charge in [0.05, 0.1) is 11.4 Å². The van der Waals surface area contributed by atoms with Gasteiger partial charge in [-0.2, -0.15) is 0 Å². The molecular weight excluding hydrogens is 728 g/mol. The first-order valence-corrected chi connectivity index (χ1v) is 23.1. The van der Waals surface area contributed by atoms with Crippen molar-refractivity contribution in [3.8, 4) is 0 Å². The number of anilines is 6. The number of thiophene rings is 2. The molecule has 4 saturated carbocycles. The molecule has 2 nitrogen and oxygen atoms in total. The fourth-order valence-electron chi connectivity index (χ4n) is 12.4. The van der Waals surface area contributed by atoms with Crippen molar-refractivity contribution in [2.75, 3.05) is 9.80 Å². The predicted molar refractivity (Wildman–Crippen MR) is 248 cm³/mol. The lowest BCUT2D eigenvalue weighted by atomic mass is 9.38. The summed E-state index contributed by atoms with van der Waals surface area (Å²) in [6.45, 7) is 14.1. The molecule has 0 N–H and O–H groups in total. The van der Waals surface area contributed by atoms with E-state index in [1.807, 2.05) is 22.7 Å². The standard InChI is InChI=1S/C52H51BN2S2/c1-50(2,3)34-15-19-37(20-16-34)54-41-26-36(52-28-31-23-32(29-52)25-33(24-31)30-52)27-42-45(41)53(48-46(54)39-11-7-9-13-43(39)56-48)49-47(40-12-8-10-14-44(40)57-49)55(42)38-21-17-35(18-22-38)51(4,5)6/h7-22,26-27,31-33H,23-25,28-30H2,1-6H3. The van der Waals surface area contributed by atoms with Gasteiger partial charge in [0.2, 0.25) is 0 Å². The number of hydrogen-bond acceptors (Lipinski definition) is 4. The second kappa shape index (κ2) is 11.9. The van der Waals surface area contributed by atoms with Gasteiger partial charge in [-0.1, -0.05) is 102 Å². The van der Waals surface area contributed by atoms with Gasteiger partial charge in [-0.3, -0.25) is 0 Å². The van der Waals surface area contributed by atoms with Gasteiger partial charge >= 0.3 is 0 Å². The van der Waals surface area contributed by atoms with Gasteiger partial charge in [0.25, 0.3) is 6.71 Å². The number of nitrogens with zero attached hydrogens (tertiary/aromatic N) is 2. The van der Waals surface area contributed by atoms with E-state index in [0.29, 0.717) is 0 Å². The highest BCUT2D eigenvalue weighted by molar-refractivity contribution is 7.40. The summed E-state index contributed by atoms with van der Waals surface area (Å²) in [6.07, 6.45) is 8.39. The first-order chi connectivity index (χ1) is 27.4. The molecule has 284 valence electrons. The molecule has 0 amide bonds. The van der Waals surface area contributed by atoms with Crippen LogP contribution in [0.1, 0.15) is 96.8 Å². The van der Waals surface area contributed by atoms with Crippen LogP contribution in [0, 0.1) is 17.8 Å². The van der Waals surface area contributed by atoms with Crippen molar-refractivity contribution in [2.24, 2.45) is 17.8 Å². The lowest BCUT2D eigenvalue weighted by molar-refractivity contribution is -0.00514. The monoisotopic (exact) mass is 778 g/mol. The Balaban J connectivity index is 1.19. The molecule has 7 aromatic rings. The normalized spacial score (nSPS) is 23.3. The summed E-state index contributed by atoms with van der Waals surface area (Å²) < 4.78 is 5.69. The molecule has 0 spiro atoms. The third-order valence-electron chi connectivity index (χ3n) is 14.7. The first kappa shape index (κ1) is 34.7. The molecule has 0 unspecified atom stereocenters. The summed E-state index contributed by atoms with van der Waals surface area (Å²) in [5.74, 6) is 2.62. The Morgan fingerprint density at radius 3 is 1.35 bits per heavy atom. The summed E-state index contributed by atoms with van der Waals surface area (Å²) >= 11 is 4.04. The summed E-state index contributed by atoms with van der Waals surface area (Å²) in [5, 5.41) is 2.74. The molecule has 2 aromatic heterocycles. The summed E-state index contributed by atoms with van der Waals surface area (Å²) in [6, 6.07) is 43.1. The number of rotatable bonds is 3. The summed E-state index contributed by atoms with van der Waals surface area (Å²) in [7, 11) is 0. The minimum atomic E-state index is 0.0873. The first-order valence-electron chi connectivity index (χ1n) is 21.5. The Morgan fingerprint density at radius 2 is 0.947 bits per heavy atom. The maximum absolute atomic E-state index is 2.73. The highest BCUT2D eigenvalue weighted by atomic mass is 32.1. The van der Waals surface area contributed by atoms with E-state index >= 15 is 0 Å². The van der Waals surface area contributed by atoms with Gasteiger partial charge in [-0.15, -0.1) is 22.7 Å². The van der Waals surface area contributed by atoms with Crippen LogP contribution in [0.3, 0.4) is 0 Å². The molecule has 4 bridgehead atoms. The Labute approximate surface area is 346 Å². The van der Waals surface area contributed by atoms with E-state index in [9.17, 15) is 0 Å². The molecule has 4 fully saturated rings. The lowest BCUT2D eigenvalue weighted by Crippen LogP contribution is -2.59. The topological polar surface area (TPSA) is 6.48 Å². The van der Waals surface area contributed by atoms with Gasteiger partial charge in [0, 0.05) is 52.5 Å². The van der Waals surface area contributed by atoms with Crippen molar-refractivity contribution >= 4 is 98.7 Å². The van der Waals surface area contributed by atoms with Crippen LogP contribution in [0.5, 0.6) is 0 Å². The molecule has 57 heavy (non-hydrogen) atoms. The van der Waals surface area contributed by atoms with E-state index in [4.69, 9.17) is 0 Å². The van der Waals surface area contributed by atoms with Gasteiger partial charge in [-0.05, 0) is 143 Å². The Kier molecular flexibility index (Phi) is 7.24. The largest absolute Gasteiger partial charge is 0.310 e. The smallest absolute Gasteiger partial charge is 0.277 e. The maximum atomic E-state index is 2.73. The van der Waals surface area contributed by atoms with Crippen LogP contribution >= 0.6 is 22.7 Å². The zero-order chi connectivity index (χ0) is 38.6. The van der Waals surface area contributed by atoms with Gasteiger partial charge < -0.3 is 9.80 Å². The van der Waals surface area contributed by atoms with Crippen LogP contribution in [-0.2, 0) is 16.2 Å². The second-order valence-corrected chi connectivity index (χ2v) is 22.6. The average molecular weight is 779 g/mol. The van der Waals surface area contributed by atoms with E-state index in [2.05, 4.69) is 161 Å². The molecule has 0 radical (unpaired) electrons. The van der Waals surface area contributed by atoms with Crippen molar-refractivity contribution in [3.05, 3.63) is 126 Å². The fourth-order valence-corrected chi connectivity index (χ4v) is 15.1. The van der Waals surface area contributed by atoms with Crippen molar-refractivity contribution in [1.29, 1.82) is 0 Å². The van der Waals surface area contributed by atoms with Crippen LogP contribution in [0.15, 0.2) is 109 Å². The SMILES string of the molecule is CC(C)(C)c1ccc(N2c3cc(C45CC6CC(CC(C6)C4)C5)cc4c3B(c3sc5ccccc5c32)c2sc3ccccc3c2N4c2ccc(C(C)(C)C)cc2)cc1. The third kappa shape index (κ3) is 5.07. The van der Waals surface area contributed by atoms with Crippen molar-refractivity contribution in [3.63, 3.8) is 0 Å². The average Bonchev–Trinajstić information content (AvgIpc) is 3.76. The Hall–Kier alpha value is -4.32. The molecule has 2 aliphatic heterocycles. The number of hydrogen-bond donors (Lipinski definition) is 0. The molecule has 5 heteroatoms. The van der Waals surface area contributed by atoms with Crippen molar-refractivity contribution in [2.45, 2.75) is 96.3 Å². The molecule has 4 aliphatic carbocycles. The van der Waals surface area contributed by atoms with Crippen LogP contribution in [0.2, 0.25) is 0 Å². The van der Waals surface area contributed by atoms with Gasteiger partial charge in [0.1, 0.15) is 0 Å². The van der Waals surface area contributed by atoms with E-state index in [0.717, 1.165) is 17.8 Å². The van der Waals surface area contributed by atoms with Crippen LogP contribution in [0.25, 0.3) is 20.2 Å².